The maximum absolute atomic E-state index is 6.08. The number of rotatable bonds is 7. The first kappa shape index (κ1) is 20.1. The van der Waals surface area contributed by atoms with E-state index in [1.165, 1.54) is 38.5 Å². The lowest BCUT2D eigenvalue weighted by atomic mass is 10.1. The molecule has 7 nitrogen and oxygen atoms in total. The van der Waals surface area contributed by atoms with Crippen LogP contribution >= 0.6 is 0 Å². The lowest BCUT2D eigenvalue weighted by Crippen LogP contribution is -2.52. The van der Waals surface area contributed by atoms with Gasteiger partial charge in [-0.2, -0.15) is 0 Å². The number of ether oxygens (including phenoxy) is 1. The summed E-state index contributed by atoms with van der Waals surface area (Å²) in [5.74, 6) is 1.02. The van der Waals surface area contributed by atoms with Gasteiger partial charge in [0.05, 0.1) is 24.9 Å². The lowest BCUT2D eigenvalue weighted by Gasteiger charge is -2.36. The van der Waals surface area contributed by atoms with Crippen molar-refractivity contribution in [2.24, 2.45) is 4.99 Å². The Morgan fingerprint density at radius 2 is 2.00 bits per heavy atom. The highest BCUT2D eigenvalue weighted by atomic mass is 16.5. The molecule has 1 N–H and O–H groups in total. The van der Waals surface area contributed by atoms with Crippen molar-refractivity contribution in [3.05, 3.63) is 18.0 Å². The van der Waals surface area contributed by atoms with Gasteiger partial charge in [0.15, 0.2) is 5.96 Å². The van der Waals surface area contributed by atoms with Crippen molar-refractivity contribution >= 4 is 5.96 Å². The van der Waals surface area contributed by atoms with Gasteiger partial charge in [-0.25, -0.2) is 0 Å². The molecule has 2 heterocycles. The molecule has 1 aliphatic carbocycles. The molecule has 27 heavy (non-hydrogen) atoms. The minimum atomic E-state index is 0.449. The minimum Gasteiger partial charge on any atom is -0.376 e. The summed E-state index contributed by atoms with van der Waals surface area (Å²) in [5.41, 5.74) is 1.000. The zero-order valence-corrected chi connectivity index (χ0v) is 16.7. The largest absolute Gasteiger partial charge is 0.376 e. The summed E-state index contributed by atoms with van der Waals surface area (Å²) < 4.78 is 11.0. The van der Waals surface area contributed by atoms with E-state index in [1.807, 2.05) is 6.07 Å². The van der Waals surface area contributed by atoms with Crippen molar-refractivity contribution in [2.45, 2.75) is 58.1 Å². The van der Waals surface area contributed by atoms with Crippen LogP contribution in [0.15, 0.2) is 21.8 Å². The third-order valence-electron chi connectivity index (χ3n) is 5.39. The minimum absolute atomic E-state index is 0.449. The first-order chi connectivity index (χ1) is 13.3. The highest BCUT2D eigenvalue weighted by Crippen LogP contribution is 2.19. The van der Waals surface area contributed by atoms with Crippen LogP contribution in [0.25, 0.3) is 0 Å². The number of nitrogens with zero attached hydrogens (tertiary/aromatic N) is 4. The number of piperazine rings is 1. The molecule has 0 bridgehead atoms. The molecule has 7 heteroatoms. The van der Waals surface area contributed by atoms with Crippen LogP contribution in [0.2, 0.25) is 0 Å². The van der Waals surface area contributed by atoms with Gasteiger partial charge < -0.3 is 19.5 Å². The van der Waals surface area contributed by atoms with E-state index in [4.69, 9.17) is 14.3 Å². The summed E-state index contributed by atoms with van der Waals surface area (Å²) in [7, 11) is 0. The van der Waals surface area contributed by atoms with Gasteiger partial charge in [-0.15, -0.1) is 0 Å². The van der Waals surface area contributed by atoms with Gasteiger partial charge in [0.1, 0.15) is 6.26 Å². The monoisotopic (exact) mass is 377 g/mol. The normalized spacial score (nSPS) is 20.6. The number of nitrogens with one attached hydrogen (secondary N) is 1. The van der Waals surface area contributed by atoms with Gasteiger partial charge in [-0.1, -0.05) is 30.8 Å². The molecule has 1 saturated carbocycles. The van der Waals surface area contributed by atoms with Crippen molar-refractivity contribution < 1.29 is 9.26 Å². The zero-order valence-electron chi connectivity index (χ0n) is 16.7. The molecular formula is C20H35N5O2. The molecule has 3 rings (SSSR count). The summed E-state index contributed by atoms with van der Waals surface area (Å²) in [5, 5.41) is 7.44. The third kappa shape index (κ3) is 6.81. The summed E-state index contributed by atoms with van der Waals surface area (Å²) in [4.78, 5) is 9.57. The first-order valence-corrected chi connectivity index (χ1v) is 10.6. The van der Waals surface area contributed by atoms with E-state index in [0.29, 0.717) is 6.10 Å². The molecule has 0 radical (unpaired) electrons. The summed E-state index contributed by atoms with van der Waals surface area (Å²) in [6.45, 7) is 9.31. The van der Waals surface area contributed by atoms with Crippen molar-refractivity contribution in [2.75, 3.05) is 45.9 Å². The van der Waals surface area contributed by atoms with Crippen LogP contribution in [0.5, 0.6) is 0 Å². The number of aromatic nitrogens is 1. The van der Waals surface area contributed by atoms with Gasteiger partial charge in [0.2, 0.25) is 0 Å². The molecule has 0 amide bonds. The Bertz CT molecular complexity index is 533. The van der Waals surface area contributed by atoms with E-state index in [-0.39, 0.29) is 0 Å². The third-order valence-corrected chi connectivity index (χ3v) is 5.39. The maximum Gasteiger partial charge on any atom is 0.194 e. The van der Waals surface area contributed by atoms with Crippen LogP contribution in [0, 0.1) is 0 Å². The summed E-state index contributed by atoms with van der Waals surface area (Å²) >= 11 is 0. The molecule has 0 unspecified atom stereocenters. The second-order valence-electron chi connectivity index (χ2n) is 7.47. The Morgan fingerprint density at radius 3 is 2.67 bits per heavy atom. The van der Waals surface area contributed by atoms with Crippen molar-refractivity contribution in [3.63, 3.8) is 0 Å². The Morgan fingerprint density at radius 1 is 1.22 bits per heavy atom. The smallest absolute Gasteiger partial charge is 0.194 e. The fourth-order valence-electron chi connectivity index (χ4n) is 3.87. The molecule has 0 atom stereocenters. The zero-order chi connectivity index (χ0) is 18.7. The van der Waals surface area contributed by atoms with E-state index >= 15 is 0 Å². The predicted octanol–water partition coefficient (Wildman–Crippen LogP) is 2.50. The van der Waals surface area contributed by atoms with Crippen LogP contribution in [0.4, 0.5) is 0 Å². The van der Waals surface area contributed by atoms with E-state index in [2.05, 4.69) is 27.2 Å². The second kappa shape index (κ2) is 11.3. The Hall–Kier alpha value is -1.60. The second-order valence-corrected chi connectivity index (χ2v) is 7.47. The first-order valence-electron chi connectivity index (χ1n) is 10.6. The molecule has 2 aliphatic rings. The number of hydrogen-bond acceptors (Lipinski definition) is 5. The van der Waals surface area contributed by atoms with Crippen molar-refractivity contribution in [3.8, 4) is 0 Å². The fraction of sp³-hybridized carbons (Fsp3) is 0.800. The Kier molecular flexibility index (Phi) is 8.42. The maximum atomic E-state index is 6.08. The van der Waals surface area contributed by atoms with Gasteiger partial charge in [-0.3, -0.25) is 9.89 Å². The Balaban J connectivity index is 1.40. The standard InChI is InChI=1S/C20H35N5O2/c1-2-21-20(22-10-16-26-19-7-5-3-4-6-8-19)25-13-11-24(12-14-25)17-18-9-15-27-23-18/h9,15,19H,2-8,10-14,16-17H2,1H3,(H,21,22). The molecule has 1 saturated heterocycles. The topological polar surface area (TPSA) is 66.1 Å². The quantitative estimate of drug-likeness (QED) is 0.341. The van der Waals surface area contributed by atoms with Crippen molar-refractivity contribution in [1.82, 2.24) is 20.3 Å². The Labute approximate surface area is 163 Å². The predicted molar refractivity (Wildman–Crippen MR) is 107 cm³/mol. The number of aliphatic imine (C=N–C) groups is 1. The van der Waals surface area contributed by atoms with Gasteiger partial charge in [-0.05, 0) is 19.8 Å². The van der Waals surface area contributed by atoms with Crippen LogP contribution < -0.4 is 5.32 Å². The van der Waals surface area contributed by atoms with Crippen LogP contribution in [-0.4, -0.2) is 72.9 Å². The average molecular weight is 378 g/mol. The molecule has 1 aromatic heterocycles. The average Bonchev–Trinajstić information content (AvgIpc) is 3.06. The summed E-state index contributed by atoms with van der Waals surface area (Å²) in [6, 6.07) is 1.94. The summed E-state index contributed by atoms with van der Waals surface area (Å²) in [6.07, 6.45) is 9.89. The molecule has 0 spiro atoms. The highest BCUT2D eigenvalue weighted by Gasteiger charge is 2.20. The molecular weight excluding hydrogens is 342 g/mol. The molecule has 152 valence electrons. The van der Waals surface area contributed by atoms with E-state index < -0.39 is 0 Å². The SMILES string of the molecule is CCNC(=NCCOC1CCCCCC1)N1CCN(Cc2ccon2)CC1. The van der Waals surface area contributed by atoms with Gasteiger partial charge in [0, 0.05) is 45.3 Å². The molecule has 1 aliphatic heterocycles. The van der Waals surface area contributed by atoms with Gasteiger partial charge in [0.25, 0.3) is 0 Å². The van der Waals surface area contributed by atoms with Crippen LogP contribution in [-0.2, 0) is 11.3 Å². The van der Waals surface area contributed by atoms with E-state index in [0.717, 1.165) is 64.1 Å². The number of hydrogen-bond donors (Lipinski definition) is 1. The molecule has 2 fully saturated rings. The molecule has 1 aromatic rings. The van der Waals surface area contributed by atoms with Crippen LogP contribution in [0.1, 0.15) is 51.1 Å². The number of guanidine groups is 1. The van der Waals surface area contributed by atoms with Gasteiger partial charge >= 0.3 is 0 Å². The van der Waals surface area contributed by atoms with E-state index in [9.17, 15) is 0 Å². The molecule has 0 aromatic carbocycles. The van der Waals surface area contributed by atoms with Crippen LogP contribution in [0.3, 0.4) is 0 Å². The fourth-order valence-corrected chi connectivity index (χ4v) is 3.87. The van der Waals surface area contributed by atoms with Crippen molar-refractivity contribution in [1.29, 1.82) is 0 Å². The lowest BCUT2D eigenvalue weighted by molar-refractivity contribution is 0.0485. The highest BCUT2D eigenvalue weighted by molar-refractivity contribution is 5.80. The van der Waals surface area contributed by atoms with E-state index in [1.54, 1.807) is 6.26 Å².